The molecule has 0 unspecified atom stereocenters. The van der Waals surface area contributed by atoms with Crippen LogP contribution in [-0.4, -0.2) is 25.7 Å². The normalized spacial score (nSPS) is 10.6. The number of nitro groups is 1. The van der Waals surface area contributed by atoms with Gasteiger partial charge in [-0.1, -0.05) is 0 Å². The Balaban J connectivity index is 2.29. The molecule has 0 aliphatic carbocycles. The fourth-order valence-corrected chi connectivity index (χ4v) is 1.57. The number of phenols is 1. The minimum absolute atomic E-state index is 0.184. The second kappa shape index (κ2) is 5.53. The fraction of sp³-hybridized carbons (Fsp3) is 0.0909. The Kier molecular flexibility index (Phi) is 3.78. The number of halogens is 2. The number of hydrogen-bond donors (Lipinski definition) is 2. The Hall–Kier alpha value is -3.04. The van der Waals surface area contributed by atoms with E-state index >= 15 is 0 Å². The lowest BCUT2D eigenvalue weighted by atomic mass is 10.2. The number of rotatable bonds is 4. The first-order valence-electron chi connectivity index (χ1n) is 5.50. The van der Waals surface area contributed by atoms with Gasteiger partial charge in [0.25, 0.3) is 11.6 Å². The van der Waals surface area contributed by atoms with E-state index < -0.39 is 28.8 Å². The van der Waals surface area contributed by atoms with Gasteiger partial charge in [0.1, 0.15) is 11.4 Å². The number of alkyl halides is 2. The van der Waals surface area contributed by atoms with Gasteiger partial charge in [-0.3, -0.25) is 14.9 Å². The van der Waals surface area contributed by atoms with Gasteiger partial charge in [0.15, 0.2) is 0 Å². The van der Waals surface area contributed by atoms with Crippen LogP contribution in [0.25, 0.3) is 0 Å². The molecule has 0 fully saturated rings. The lowest BCUT2D eigenvalue weighted by Crippen LogP contribution is -2.18. The van der Waals surface area contributed by atoms with Crippen molar-refractivity contribution in [2.24, 2.45) is 0 Å². The standard InChI is InChI=1S/C11H8F2N4O4/c12-11(13)16-8(3-4-14-16)10(19)15-7-5-6(17(20)21)1-2-9(7)18/h1-5,11,18H,(H,15,19). The van der Waals surface area contributed by atoms with Crippen molar-refractivity contribution in [2.45, 2.75) is 6.55 Å². The number of non-ortho nitro benzene ring substituents is 1. The van der Waals surface area contributed by atoms with E-state index in [1.165, 1.54) is 0 Å². The number of aromatic nitrogens is 2. The molecule has 8 nitrogen and oxygen atoms in total. The van der Waals surface area contributed by atoms with Gasteiger partial charge in [-0.2, -0.15) is 18.6 Å². The molecule has 0 radical (unpaired) electrons. The van der Waals surface area contributed by atoms with Crippen LogP contribution in [0, 0.1) is 10.1 Å². The predicted molar refractivity (Wildman–Crippen MR) is 66.2 cm³/mol. The molecule has 0 atom stereocenters. The Morgan fingerprint density at radius 1 is 1.43 bits per heavy atom. The molecule has 0 saturated heterocycles. The molecule has 2 rings (SSSR count). The zero-order chi connectivity index (χ0) is 15.6. The number of anilines is 1. The first-order valence-corrected chi connectivity index (χ1v) is 5.50. The van der Waals surface area contributed by atoms with E-state index in [9.17, 15) is 28.8 Å². The van der Waals surface area contributed by atoms with Crippen LogP contribution in [0.1, 0.15) is 17.0 Å². The SMILES string of the molecule is O=C(Nc1cc([N+](=O)[O-])ccc1O)c1ccnn1C(F)F. The molecular formula is C11H8F2N4O4. The minimum atomic E-state index is -3.01. The number of phenolic OH excluding ortho intramolecular Hbond substituents is 1. The van der Waals surface area contributed by atoms with Gasteiger partial charge in [0, 0.05) is 18.3 Å². The third-order valence-electron chi connectivity index (χ3n) is 2.53. The highest BCUT2D eigenvalue weighted by molar-refractivity contribution is 6.04. The Bertz CT molecular complexity index is 701. The molecule has 2 aromatic rings. The van der Waals surface area contributed by atoms with Crippen molar-refractivity contribution in [1.82, 2.24) is 9.78 Å². The molecule has 0 aliphatic heterocycles. The molecule has 0 saturated carbocycles. The number of hydrogen-bond acceptors (Lipinski definition) is 5. The van der Waals surface area contributed by atoms with Gasteiger partial charge in [-0.15, -0.1) is 0 Å². The average molecular weight is 298 g/mol. The third-order valence-corrected chi connectivity index (χ3v) is 2.53. The fourth-order valence-electron chi connectivity index (χ4n) is 1.57. The Morgan fingerprint density at radius 3 is 2.76 bits per heavy atom. The van der Waals surface area contributed by atoms with Gasteiger partial charge in [0.05, 0.1) is 10.6 Å². The Labute approximate surface area is 115 Å². The van der Waals surface area contributed by atoms with E-state index in [4.69, 9.17) is 0 Å². The quantitative estimate of drug-likeness (QED) is 0.510. The number of nitrogens with zero attached hydrogens (tertiary/aromatic N) is 3. The van der Waals surface area contributed by atoms with Gasteiger partial charge < -0.3 is 10.4 Å². The topological polar surface area (TPSA) is 110 Å². The van der Waals surface area contributed by atoms with Crippen molar-refractivity contribution in [2.75, 3.05) is 5.32 Å². The molecule has 1 aromatic heterocycles. The average Bonchev–Trinajstić information content (AvgIpc) is 2.90. The Morgan fingerprint density at radius 2 is 2.14 bits per heavy atom. The molecule has 21 heavy (non-hydrogen) atoms. The van der Waals surface area contributed by atoms with Crippen molar-refractivity contribution in [3.8, 4) is 5.75 Å². The van der Waals surface area contributed by atoms with Crippen molar-refractivity contribution in [3.63, 3.8) is 0 Å². The summed E-state index contributed by atoms with van der Waals surface area (Å²) in [6.45, 7) is -3.01. The first kappa shape index (κ1) is 14.4. The number of aromatic hydroxyl groups is 1. The highest BCUT2D eigenvalue weighted by Crippen LogP contribution is 2.28. The van der Waals surface area contributed by atoms with Gasteiger partial charge in [0.2, 0.25) is 0 Å². The molecule has 1 amide bonds. The first-order chi connectivity index (χ1) is 9.90. The van der Waals surface area contributed by atoms with Crippen LogP contribution in [0.3, 0.4) is 0 Å². The summed E-state index contributed by atoms with van der Waals surface area (Å²) in [7, 11) is 0. The molecular weight excluding hydrogens is 290 g/mol. The number of nitrogens with one attached hydrogen (secondary N) is 1. The lowest BCUT2D eigenvalue weighted by Gasteiger charge is -2.08. The molecule has 0 bridgehead atoms. The van der Waals surface area contributed by atoms with Crippen molar-refractivity contribution >= 4 is 17.3 Å². The van der Waals surface area contributed by atoms with Crippen LogP contribution < -0.4 is 5.32 Å². The zero-order valence-corrected chi connectivity index (χ0v) is 10.2. The van der Waals surface area contributed by atoms with E-state index in [1.54, 1.807) is 0 Å². The molecule has 110 valence electrons. The van der Waals surface area contributed by atoms with Crippen LogP contribution >= 0.6 is 0 Å². The summed E-state index contributed by atoms with van der Waals surface area (Å²) in [5, 5.41) is 25.6. The molecule has 10 heteroatoms. The van der Waals surface area contributed by atoms with Crippen LogP contribution in [0.2, 0.25) is 0 Å². The molecule has 0 spiro atoms. The maximum atomic E-state index is 12.6. The van der Waals surface area contributed by atoms with E-state index in [0.717, 1.165) is 30.5 Å². The number of nitro benzene ring substituents is 1. The predicted octanol–water partition coefficient (Wildman–Crippen LogP) is 2.14. The summed E-state index contributed by atoms with van der Waals surface area (Å²) < 4.78 is 25.4. The molecule has 1 heterocycles. The van der Waals surface area contributed by atoms with Crippen LogP contribution in [0.5, 0.6) is 5.75 Å². The highest BCUT2D eigenvalue weighted by Gasteiger charge is 2.20. The van der Waals surface area contributed by atoms with Crippen LogP contribution in [0.15, 0.2) is 30.5 Å². The van der Waals surface area contributed by atoms with Gasteiger partial charge in [-0.25, -0.2) is 0 Å². The maximum Gasteiger partial charge on any atom is 0.333 e. The third kappa shape index (κ3) is 2.94. The summed E-state index contributed by atoms with van der Waals surface area (Å²) in [4.78, 5) is 21.7. The summed E-state index contributed by atoms with van der Waals surface area (Å²) in [6.07, 6.45) is 1.01. The smallest absolute Gasteiger partial charge is 0.333 e. The van der Waals surface area contributed by atoms with E-state index in [-0.39, 0.29) is 16.1 Å². The van der Waals surface area contributed by atoms with Crippen molar-refractivity contribution in [3.05, 3.63) is 46.3 Å². The minimum Gasteiger partial charge on any atom is -0.506 e. The maximum absolute atomic E-state index is 12.6. The molecule has 0 aliphatic rings. The molecule has 2 N–H and O–H groups in total. The highest BCUT2D eigenvalue weighted by atomic mass is 19.3. The van der Waals surface area contributed by atoms with E-state index in [1.807, 2.05) is 0 Å². The number of carbonyl (C=O) groups is 1. The lowest BCUT2D eigenvalue weighted by molar-refractivity contribution is -0.384. The summed E-state index contributed by atoms with van der Waals surface area (Å²) in [6, 6.07) is 4.01. The van der Waals surface area contributed by atoms with Gasteiger partial charge >= 0.3 is 6.55 Å². The second-order valence-electron chi connectivity index (χ2n) is 3.85. The van der Waals surface area contributed by atoms with Crippen molar-refractivity contribution in [1.29, 1.82) is 0 Å². The van der Waals surface area contributed by atoms with Crippen LogP contribution in [0.4, 0.5) is 20.2 Å². The largest absolute Gasteiger partial charge is 0.506 e. The van der Waals surface area contributed by atoms with Gasteiger partial charge in [-0.05, 0) is 12.1 Å². The summed E-state index contributed by atoms with van der Waals surface area (Å²) >= 11 is 0. The molecule has 1 aromatic carbocycles. The number of amides is 1. The number of carbonyl (C=O) groups excluding carboxylic acids is 1. The van der Waals surface area contributed by atoms with Crippen LogP contribution in [-0.2, 0) is 0 Å². The number of benzene rings is 1. The monoisotopic (exact) mass is 298 g/mol. The zero-order valence-electron chi connectivity index (χ0n) is 10.2. The summed E-state index contributed by atoms with van der Waals surface area (Å²) in [5.74, 6) is -1.42. The van der Waals surface area contributed by atoms with E-state index in [0.29, 0.717) is 0 Å². The van der Waals surface area contributed by atoms with Crippen molar-refractivity contribution < 1.29 is 23.6 Å². The summed E-state index contributed by atoms with van der Waals surface area (Å²) in [5.41, 5.74) is -1.09. The van der Waals surface area contributed by atoms with E-state index in [2.05, 4.69) is 10.4 Å². The second-order valence-corrected chi connectivity index (χ2v) is 3.85.